The Labute approximate surface area is 147 Å². The van der Waals surface area contributed by atoms with E-state index in [0.29, 0.717) is 23.0 Å². The second-order valence-electron chi connectivity index (χ2n) is 6.29. The minimum Gasteiger partial charge on any atom is -0.479 e. The molecule has 2 aromatic rings. The van der Waals surface area contributed by atoms with Crippen molar-refractivity contribution in [1.82, 2.24) is 0 Å². The van der Waals surface area contributed by atoms with E-state index in [2.05, 4.69) is 10.0 Å². The third-order valence-electron chi connectivity index (χ3n) is 4.02. The number of nitrogens with one attached hydrogen (secondary N) is 2. The van der Waals surface area contributed by atoms with Gasteiger partial charge in [-0.25, -0.2) is 8.42 Å². The summed E-state index contributed by atoms with van der Waals surface area (Å²) in [6.45, 7) is 5.74. The molecule has 3 rings (SSSR count). The number of sulfonamides is 1. The molecular weight excluding hydrogens is 340 g/mol. The van der Waals surface area contributed by atoms with Crippen LogP contribution in [0.4, 0.5) is 11.4 Å². The lowest BCUT2D eigenvalue weighted by atomic mass is 10.0. The number of benzene rings is 2. The Morgan fingerprint density at radius 2 is 1.80 bits per heavy atom. The lowest BCUT2D eigenvalue weighted by Gasteiger charge is -2.23. The van der Waals surface area contributed by atoms with Gasteiger partial charge in [0.1, 0.15) is 5.75 Å². The topological polar surface area (TPSA) is 84.5 Å². The van der Waals surface area contributed by atoms with E-state index in [1.54, 1.807) is 37.3 Å². The number of fused-ring (bicyclic) bond motifs is 1. The van der Waals surface area contributed by atoms with E-state index < -0.39 is 16.1 Å². The molecule has 7 heteroatoms. The van der Waals surface area contributed by atoms with Gasteiger partial charge in [-0.2, -0.15) is 0 Å². The molecule has 0 spiro atoms. The highest BCUT2D eigenvalue weighted by Gasteiger charge is 2.24. The number of anilines is 2. The van der Waals surface area contributed by atoms with Crippen molar-refractivity contribution in [1.29, 1.82) is 0 Å². The molecule has 6 nitrogen and oxygen atoms in total. The van der Waals surface area contributed by atoms with Crippen LogP contribution in [0.2, 0.25) is 0 Å². The van der Waals surface area contributed by atoms with E-state index >= 15 is 0 Å². The van der Waals surface area contributed by atoms with E-state index in [4.69, 9.17) is 4.74 Å². The van der Waals surface area contributed by atoms with Crippen LogP contribution in [0.5, 0.6) is 5.75 Å². The van der Waals surface area contributed by atoms with Gasteiger partial charge in [-0.05, 0) is 48.7 Å². The number of amides is 1. The van der Waals surface area contributed by atoms with Crippen LogP contribution in [0.25, 0.3) is 0 Å². The zero-order valence-electron chi connectivity index (χ0n) is 14.2. The summed E-state index contributed by atoms with van der Waals surface area (Å²) in [6.07, 6.45) is -0.575. The fourth-order valence-electron chi connectivity index (χ4n) is 2.52. The van der Waals surface area contributed by atoms with Crippen molar-refractivity contribution >= 4 is 27.3 Å². The maximum atomic E-state index is 12.5. The van der Waals surface area contributed by atoms with Crippen molar-refractivity contribution in [2.75, 3.05) is 10.0 Å². The molecule has 0 fully saturated rings. The molecule has 0 aromatic heterocycles. The van der Waals surface area contributed by atoms with Crippen molar-refractivity contribution in [3.63, 3.8) is 0 Å². The molecule has 0 saturated heterocycles. The van der Waals surface area contributed by atoms with Gasteiger partial charge in [0.05, 0.1) is 16.3 Å². The van der Waals surface area contributed by atoms with E-state index in [1.807, 2.05) is 26.0 Å². The average molecular weight is 360 g/mol. The first kappa shape index (κ1) is 17.3. The van der Waals surface area contributed by atoms with Crippen molar-refractivity contribution in [3.8, 4) is 5.75 Å². The normalized spacial score (nSPS) is 16.8. The smallest absolute Gasteiger partial charge is 0.265 e. The molecule has 2 N–H and O–H groups in total. The van der Waals surface area contributed by atoms with Crippen LogP contribution in [0.1, 0.15) is 32.3 Å². The van der Waals surface area contributed by atoms with E-state index in [1.165, 1.54) is 0 Å². The molecule has 1 heterocycles. The van der Waals surface area contributed by atoms with Gasteiger partial charge in [-0.1, -0.05) is 26.0 Å². The maximum Gasteiger partial charge on any atom is 0.265 e. The maximum absolute atomic E-state index is 12.5. The van der Waals surface area contributed by atoms with Crippen LogP contribution in [-0.4, -0.2) is 20.4 Å². The Kier molecular flexibility index (Phi) is 4.43. The van der Waals surface area contributed by atoms with E-state index in [0.717, 1.165) is 5.56 Å². The quantitative estimate of drug-likeness (QED) is 0.876. The van der Waals surface area contributed by atoms with Gasteiger partial charge in [0.2, 0.25) is 0 Å². The molecule has 0 saturated carbocycles. The Morgan fingerprint density at radius 3 is 2.44 bits per heavy atom. The summed E-state index contributed by atoms with van der Waals surface area (Å²) >= 11 is 0. The number of carbonyl (C=O) groups is 1. The van der Waals surface area contributed by atoms with Gasteiger partial charge in [0, 0.05) is 0 Å². The first-order valence-corrected chi connectivity index (χ1v) is 9.49. The zero-order valence-corrected chi connectivity index (χ0v) is 15.1. The van der Waals surface area contributed by atoms with Crippen molar-refractivity contribution in [2.45, 2.75) is 37.7 Å². The highest BCUT2D eigenvalue weighted by Crippen LogP contribution is 2.33. The molecule has 1 unspecified atom stereocenters. The van der Waals surface area contributed by atoms with Crippen LogP contribution in [0, 0.1) is 0 Å². The molecule has 25 heavy (non-hydrogen) atoms. The fourth-order valence-corrected chi connectivity index (χ4v) is 3.57. The van der Waals surface area contributed by atoms with Crippen LogP contribution in [0.3, 0.4) is 0 Å². The van der Waals surface area contributed by atoms with Gasteiger partial charge in [0.25, 0.3) is 15.9 Å². The molecule has 1 atom stereocenters. The summed E-state index contributed by atoms with van der Waals surface area (Å²) in [5, 5.41) is 2.70. The van der Waals surface area contributed by atoms with Gasteiger partial charge in [0.15, 0.2) is 6.10 Å². The van der Waals surface area contributed by atoms with Gasteiger partial charge < -0.3 is 10.1 Å². The van der Waals surface area contributed by atoms with E-state index in [-0.39, 0.29) is 10.8 Å². The van der Waals surface area contributed by atoms with Gasteiger partial charge in [-0.15, -0.1) is 0 Å². The summed E-state index contributed by atoms with van der Waals surface area (Å²) < 4.78 is 33.1. The minimum atomic E-state index is -3.71. The fraction of sp³-hybridized carbons (Fsp3) is 0.278. The largest absolute Gasteiger partial charge is 0.479 e. The highest BCUT2D eigenvalue weighted by atomic mass is 32.2. The Bertz CT molecular complexity index is 905. The molecular formula is C18H20N2O4S. The monoisotopic (exact) mass is 360 g/mol. The Hall–Kier alpha value is -2.54. The van der Waals surface area contributed by atoms with Crippen LogP contribution < -0.4 is 14.8 Å². The molecule has 1 aliphatic rings. The van der Waals surface area contributed by atoms with Gasteiger partial charge >= 0.3 is 0 Å². The Morgan fingerprint density at radius 1 is 1.12 bits per heavy atom. The summed E-state index contributed by atoms with van der Waals surface area (Å²) in [7, 11) is -3.71. The zero-order chi connectivity index (χ0) is 18.2. The van der Waals surface area contributed by atoms with Crippen LogP contribution in [-0.2, 0) is 14.8 Å². The molecule has 2 aromatic carbocycles. The second-order valence-corrected chi connectivity index (χ2v) is 7.97. The van der Waals surface area contributed by atoms with Crippen molar-refractivity contribution < 1.29 is 17.9 Å². The molecule has 0 aliphatic carbocycles. The number of rotatable bonds is 4. The highest BCUT2D eigenvalue weighted by molar-refractivity contribution is 7.92. The molecule has 0 bridgehead atoms. The average Bonchev–Trinajstić information content (AvgIpc) is 2.56. The SMILES string of the molecule is CC1Oc2ccc(NS(=O)(=O)c3ccc(C(C)C)cc3)cc2NC1=O. The first-order chi connectivity index (χ1) is 11.8. The molecule has 0 radical (unpaired) electrons. The summed E-state index contributed by atoms with van der Waals surface area (Å²) in [6, 6.07) is 11.6. The second kappa shape index (κ2) is 6.40. The lowest BCUT2D eigenvalue weighted by Crippen LogP contribution is -2.34. The van der Waals surface area contributed by atoms with Crippen molar-refractivity contribution in [3.05, 3.63) is 48.0 Å². The van der Waals surface area contributed by atoms with E-state index in [9.17, 15) is 13.2 Å². The number of ether oxygens (including phenoxy) is 1. The third kappa shape index (κ3) is 3.61. The molecule has 1 aliphatic heterocycles. The summed E-state index contributed by atoms with van der Waals surface area (Å²) in [5.41, 5.74) is 1.87. The minimum absolute atomic E-state index is 0.184. The molecule has 132 valence electrons. The summed E-state index contributed by atoms with van der Waals surface area (Å²) in [5.74, 6) is 0.574. The van der Waals surface area contributed by atoms with Crippen LogP contribution in [0.15, 0.2) is 47.4 Å². The standard InChI is InChI=1S/C18H20N2O4S/c1-11(2)13-4-7-15(8-5-13)25(22,23)20-14-6-9-17-16(10-14)19-18(21)12(3)24-17/h4-12,20H,1-3H3,(H,19,21). The van der Waals surface area contributed by atoms with Crippen molar-refractivity contribution in [2.24, 2.45) is 0 Å². The lowest BCUT2D eigenvalue weighted by molar-refractivity contribution is -0.122. The third-order valence-corrected chi connectivity index (χ3v) is 5.42. The molecule has 1 amide bonds. The first-order valence-electron chi connectivity index (χ1n) is 8.00. The van der Waals surface area contributed by atoms with Gasteiger partial charge in [-0.3, -0.25) is 9.52 Å². The Balaban J connectivity index is 1.84. The predicted molar refractivity (Wildman–Crippen MR) is 96.5 cm³/mol. The summed E-state index contributed by atoms with van der Waals surface area (Å²) in [4.78, 5) is 11.9. The predicted octanol–water partition coefficient (Wildman–Crippen LogP) is 3.33. The van der Waals surface area contributed by atoms with Crippen LogP contribution >= 0.6 is 0 Å². The number of hydrogen-bond donors (Lipinski definition) is 2. The number of hydrogen-bond acceptors (Lipinski definition) is 4. The number of carbonyl (C=O) groups excluding carboxylic acids is 1.